The summed E-state index contributed by atoms with van der Waals surface area (Å²) in [7, 11) is 0. The molecule has 0 saturated heterocycles. The molecule has 16 heavy (non-hydrogen) atoms. The Morgan fingerprint density at radius 3 is 2.56 bits per heavy atom. The number of aliphatic carboxylic acids is 1. The fraction of sp³-hybridized carbons (Fsp3) is 0.636. The molecule has 90 valence electrons. The molecule has 0 fully saturated rings. The molecule has 0 radical (unpaired) electrons. The van der Waals surface area contributed by atoms with E-state index in [1.807, 2.05) is 19.1 Å². The molecule has 0 unspecified atom stereocenters. The third-order valence-electron chi connectivity index (χ3n) is 2.60. The minimum Gasteiger partial charge on any atom is -0.481 e. The van der Waals surface area contributed by atoms with Gasteiger partial charge in [0.05, 0.1) is 6.42 Å². The van der Waals surface area contributed by atoms with Crippen LogP contribution in [0.2, 0.25) is 0 Å². The van der Waals surface area contributed by atoms with Crippen molar-refractivity contribution in [2.45, 2.75) is 32.2 Å². The summed E-state index contributed by atoms with van der Waals surface area (Å²) in [5.74, 6) is -0.881. The average molecular weight is 226 g/mol. The highest BCUT2D eigenvalue weighted by Gasteiger charge is 2.17. The first kappa shape index (κ1) is 12.5. The van der Waals surface area contributed by atoms with Gasteiger partial charge in [0.1, 0.15) is 0 Å². The second-order valence-corrected chi connectivity index (χ2v) is 3.81. The largest absolute Gasteiger partial charge is 0.481 e. The van der Waals surface area contributed by atoms with Crippen LogP contribution in [0.5, 0.6) is 0 Å². The van der Waals surface area contributed by atoms with Crippen molar-refractivity contribution >= 4 is 12.0 Å². The lowest BCUT2D eigenvalue weighted by atomic mass is 10.2. The highest BCUT2D eigenvalue weighted by atomic mass is 16.4. The minimum absolute atomic E-state index is 0.00975. The van der Waals surface area contributed by atoms with Gasteiger partial charge in [-0.15, -0.1) is 0 Å². The van der Waals surface area contributed by atoms with Gasteiger partial charge in [-0.1, -0.05) is 12.2 Å². The van der Waals surface area contributed by atoms with E-state index in [4.69, 9.17) is 5.11 Å². The van der Waals surface area contributed by atoms with Gasteiger partial charge >= 0.3 is 12.0 Å². The number of hydrogen-bond acceptors (Lipinski definition) is 2. The van der Waals surface area contributed by atoms with Crippen LogP contribution in [-0.2, 0) is 4.79 Å². The Morgan fingerprint density at radius 1 is 1.44 bits per heavy atom. The number of carboxylic acids is 1. The van der Waals surface area contributed by atoms with E-state index in [2.05, 4.69) is 5.32 Å². The second-order valence-electron chi connectivity index (χ2n) is 3.81. The van der Waals surface area contributed by atoms with Gasteiger partial charge < -0.3 is 15.3 Å². The maximum absolute atomic E-state index is 11.7. The van der Waals surface area contributed by atoms with Crippen molar-refractivity contribution < 1.29 is 14.7 Å². The molecule has 0 atom stereocenters. The number of rotatable bonds is 5. The molecule has 0 spiro atoms. The number of nitrogens with zero attached hydrogens (tertiary/aromatic N) is 1. The molecule has 1 aliphatic carbocycles. The van der Waals surface area contributed by atoms with Crippen LogP contribution in [0.3, 0.4) is 0 Å². The Morgan fingerprint density at radius 2 is 2.06 bits per heavy atom. The molecule has 2 amide bonds. The Kier molecular flexibility index (Phi) is 4.82. The van der Waals surface area contributed by atoms with Crippen LogP contribution in [0.25, 0.3) is 0 Å². The molecule has 1 aliphatic rings. The summed E-state index contributed by atoms with van der Waals surface area (Å²) in [5.41, 5.74) is 0. The standard InChI is InChI=1S/C11H18N2O3/c1-2-13(8-7-10(14)15)11(16)12-9-5-3-4-6-9/h3-4,9H,2,5-8H2,1H3,(H,12,16)(H,14,15). The van der Waals surface area contributed by atoms with E-state index in [1.165, 1.54) is 4.90 Å². The van der Waals surface area contributed by atoms with Gasteiger partial charge in [-0.2, -0.15) is 0 Å². The molecule has 0 heterocycles. The molecule has 2 N–H and O–H groups in total. The number of nitrogens with one attached hydrogen (secondary N) is 1. The normalized spacial score (nSPS) is 15.1. The predicted molar refractivity (Wildman–Crippen MR) is 60.2 cm³/mol. The van der Waals surface area contributed by atoms with Gasteiger partial charge in [0, 0.05) is 19.1 Å². The van der Waals surface area contributed by atoms with Gasteiger partial charge in [-0.05, 0) is 19.8 Å². The topological polar surface area (TPSA) is 69.6 Å². The van der Waals surface area contributed by atoms with Crippen molar-refractivity contribution in [2.75, 3.05) is 13.1 Å². The highest BCUT2D eigenvalue weighted by molar-refractivity contribution is 5.75. The Labute approximate surface area is 95.1 Å². The molecule has 0 aliphatic heterocycles. The lowest BCUT2D eigenvalue weighted by molar-refractivity contribution is -0.137. The smallest absolute Gasteiger partial charge is 0.317 e. The zero-order chi connectivity index (χ0) is 12.0. The van der Waals surface area contributed by atoms with Crippen molar-refractivity contribution in [3.8, 4) is 0 Å². The maximum Gasteiger partial charge on any atom is 0.317 e. The lowest BCUT2D eigenvalue weighted by Crippen LogP contribution is -2.44. The van der Waals surface area contributed by atoms with Crippen LogP contribution in [0.15, 0.2) is 12.2 Å². The Balaban J connectivity index is 2.33. The van der Waals surface area contributed by atoms with Crippen LogP contribution in [0, 0.1) is 0 Å². The van der Waals surface area contributed by atoms with Crippen LogP contribution >= 0.6 is 0 Å². The average Bonchev–Trinajstić information content (AvgIpc) is 2.71. The monoisotopic (exact) mass is 226 g/mol. The highest BCUT2D eigenvalue weighted by Crippen LogP contribution is 2.09. The maximum atomic E-state index is 11.7. The first-order chi connectivity index (χ1) is 7.63. The van der Waals surface area contributed by atoms with Gasteiger partial charge in [0.25, 0.3) is 0 Å². The number of hydrogen-bond donors (Lipinski definition) is 2. The van der Waals surface area contributed by atoms with E-state index in [0.717, 1.165) is 12.8 Å². The number of carbonyl (C=O) groups excluding carboxylic acids is 1. The third kappa shape index (κ3) is 3.92. The predicted octanol–water partition coefficient (Wildman–Crippen LogP) is 1.21. The van der Waals surface area contributed by atoms with Gasteiger partial charge in [0.2, 0.25) is 0 Å². The SMILES string of the molecule is CCN(CCC(=O)O)C(=O)NC1CC=CC1. The van der Waals surface area contributed by atoms with E-state index >= 15 is 0 Å². The first-order valence-electron chi connectivity index (χ1n) is 5.55. The summed E-state index contributed by atoms with van der Waals surface area (Å²) in [6.45, 7) is 2.63. The summed E-state index contributed by atoms with van der Waals surface area (Å²) in [6, 6.07) is 0.00354. The first-order valence-corrected chi connectivity index (χ1v) is 5.55. The Bertz CT molecular complexity index is 281. The molecule has 0 saturated carbocycles. The van der Waals surface area contributed by atoms with E-state index < -0.39 is 5.97 Å². The number of amides is 2. The molecule has 0 aromatic heterocycles. The molecule has 1 rings (SSSR count). The molecule has 5 heteroatoms. The summed E-state index contributed by atoms with van der Waals surface area (Å²) in [6.07, 6.45) is 5.80. The number of carboxylic acid groups (broad SMARTS) is 1. The van der Waals surface area contributed by atoms with Gasteiger partial charge in [-0.25, -0.2) is 4.79 Å². The van der Waals surface area contributed by atoms with Crippen LogP contribution in [0.1, 0.15) is 26.2 Å². The summed E-state index contributed by atoms with van der Waals surface area (Å²) in [4.78, 5) is 23.7. The number of urea groups is 1. The number of carbonyl (C=O) groups is 2. The van der Waals surface area contributed by atoms with Crippen LogP contribution in [0.4, 0.5) is 4.79 Å². The van der Waals surface area contributed by atoms with Crippen LogP contribution < -0.4 is 5.32 Å². The molecule has 0 aromatic carbocycles. The summed E-state index contributed by atoms with van der Waals surface area (Å²) < 4.78 is 0. The molecular weight excluding hydrogens is 208 g/mol. The van der Waals surface area contributed by atoms with Crippen LogP contribution in [-0.4, -0.2) is 41.1 Å². The Hall–Kier alpha value is -1.52. The zero-order valence-electron chi connectivity index (χ0n) is 9.48. The van der Waals surface area contributed by atoms with Crippen molar-refractivity contribution in [3.05, 3.63) is 12.2 Å². The quantitative estimate of drug-likeness (QED) is 0.692. The molecule has 5 nitrogen and oxygen atoms in total. The third-order valence-corrected chi connectivity index (χ3v) is 2.60. The fourth-order valence-corrected chi connectivity index (χ4v) is 1.63. The van der Waals surface area contributed by atoms with E-state index in [0.29, 0.717) is 6.54 Å². The van der Waals surface area contributed by atoms with Crippen molar-refractivity contribution in [1.82, 2.24) is 10.2 Å². The van der Waals surface area contributed by atoms with Gasteiger partial charge in [-0.3, -0.25) is 4.79 Å². The molecular formula is C11H18N2O3. The zero-order valence-corrected chi connectivity index (χ0v) is 9.48. The summed E-state index contributed by atoms with van der Waals surface area (Å²) >= 11 is 0. The minimum atomic E-state index is -0.881. The van der Waals surface area contributed by atoms with E-state index in [9.17, 15) is 9.59 Å². The second kappa shape index (κ2) is 6.15. The van der Waals surface area contributed by atoms with E-state index in [-0.39, 0.29) is 25.0 Å². The van der Waals surface area contributed by atoms with Crippen molar-refractivity contribution in [1.29, 1.82) is 0 Å². The van der Waals surface area contributed by atoms with E-state index in [1.54, 1.807) is 0 Å². The lowest BCUT2D eigenvalue weighted by Gasteiger charge is -2.23. The van der Waals surface area contributed by atoms with Crippen molar-refractivity contribution in [2.24, 2.45) is 0 Å². The molecule has 0 bridgehead atoms. The summed E-state index contributed by atoms with van der Waals surface area (Å²) in [5, 5.41) is 11.4. The van der Waals surface area contributed by atoms with Crippen molar-refractivity contribution in [3.63, 3.8) is 0 Å². The fourth-order valence-electron chi connectivity index (χ4n) is 1.63. The molecule has 0 aromatic rings. The van der Waals surface area contributed by atoms with Gasteiger partial charge in [0.15, 0.2) is 0 Å².